The van der Waals surface area contributed by atoms with E-state index >= 15 is 0 Å². The van der Waals surface area contributed by atoms with Crippen LogP contribution in [-0.4, -0.2) is 32.6 Å². The van der Waals surface area contributed by atoms with Crippen LogP contribution in [-0.2, 0) is 4.79 Å². The van der Waals surface area contributed by atoms with Crippen LogP contribution in [0.4, 0.5) is 11.4 Å². The molecule has 1 heterocycles. The van der Waals surface area contributed by atoms with E-state index in [4.69, 9.17) is 0 Å². The van der Waals surface area contributed by atoms with Crippen molar-refractivity contribution in [1.82, 2.24) is 10.6 Å². The first-order valence-corrected chi connectivity index (χ1v) is 8.66. The van der Waals surface area contributed by atoms with E-state index in [1.54, 1.807) is 7.05 Å². The van der Waals surface area contributed by atoms with Gasteiger partial charge in [0.05, 0.1) is 17.9 Å². The monoisotopic (exact) mass is 363 g/mol. The molecule has 6 heteroatoms. The Morgan fingerprint density at radius 3 is 2.21 bits per heavy atom. The maximum atomic E-state index is 11.5. The molecule has 2 aromatic carbocycles. The van der Waals surface area contributed by atoms with Crippen LogP contribution in [0.3, 0.4) is 0 Å². The number of rotatable bonds is 6. The number of carbonyl (C=O) groups excluding carboxylic acids is 1. The number of fused-ring (bicyclic) bond motifs is 2. The molecule has 1 amide bonds. The normalized spacial score (nSPS) is 12.0. The van der Waals surface area contributed by atoms with Crippen molar-refractivity contribution in [1.29, 1.82) is 0 Å². The first-order valence-electron chi connectivity index (χ1n) is 7.84. The average molecular weight is 364 g/mol. The van der Waals surface area contributed by atoms with Crippen LogP contribution in [0.5, 0.6) is 0 Å². The molecule has 0 spiro atoms. The largest absolute Gasteiger partial charge is 0.355 e. The second-order valence-electron chi connectivity index (χ2n) is 5.42. The van der Waals surface area contributed by atoms with Crippen molar-refractivity contribution in [2.75, 3.05) is 31.6 Å². The Balaban J connectivity index is 0.00000208. The predicted octanol–water partition coefficient (Wildman–Crippen LogP) is 3.44. The fourth-order valence-electron chi connectivity index (χ4n) is 2.71. The number of anilines is 2. The highest BCUT2D eigenvalue weighted by Crippen LogP contribution is 2.47. The summed E-state index contributed by atoms with van der Waals surface area (Å²) >= 11 is 1.82. The minimum atomic E-state index is 0. The van der Waals surface area contributed by atoms with E-state index in [1.165, 1.54) is 21.2 Å². The molecule has 0 atom stereocenters. The molecule has 1 aliphatic heterocycles. The third kappa shape index (κ3) is 4.23. The van der Waals surface area contributed by atoms with Crippen molar-refractivity contribution < 1.29 is 4.79 Å². The first kappa shape index (κ1) is 18.6. The Labute approximate surface area is 153 Å². The Morgan fingerprint density at radius 1 is 1.04 bits per heavy atom. The third-order valence-electron chi connectivity index (χ3n) is 3.75. The van der Waals surface area contributed by atoms with Crippen LogP contribution in [0.1, 0.15) is 6.42 Å². The van der Waals surface area contributed by atoms with E-state index in [2.05, 4.69) is 64.1 Å². The number of carbonyl (C=O) groups is 1. The van der Waals surface area contributed by atoms with Crippen molar-refractivity contribution in [2.45, 2.75) is 16.2 Å². The summed E-state index contributed by atoms with van der Waals surface area (Å²) in [5, 5.41) is 5.80. The highest BCUT2D eigenvalue weighted by atomic mass is 35.5. The molecule has 0 bridgehead atoms. The molecule has 2 N–H and O–H groups in total. The van der Waals surface area contributed by atoms with Gasteiger partial charge in [0, 0.05) is 22.9 Å². The van der Waals surface area contributed by atoms with E-state index in [9.17, 15) is 4.79 Å². The average Bonchev–Trinajstić information content (AvgIpc) is 2.58. The smallest absolute Gasteiger partial charge is 0.233 e. The van der Waals surface area contributed by atoms with Crippen LogP contribution < -0.4 is 15.5 Å². The van der Waals surface area contributed by atoms with E-state index in [1.807, 2.05) is 11.8 Å². The Morgan fingerprint density at radius 2 is 1.62 bits per heavy atom. The Bertz CT molecular complexity index is 650. The molecule has 0 radical (unpaired) electrons. The summed E-state index contributed by atoms with van der Waals surface area (Å²) in [5.41, 5.74) is 2.50. The van der Waals surface area contributed by atoms with Gasteiger partial charge in [0.15, 0.2) is 0 Å². The summed E-state index contributed by atoms with van der Waals surface area (Å²) in [7, 11) is 1.78. The van der Waals surface area contributed by atoms with Crippen molar-refractivity contribution in [3.63, 3.8) is 0 Å². The van der Waals surface area contributed by atoms with Crippen LogP contribution in [0.25, 0.3) is 0 Å². The van der Waals surface area contributed by atoms with Crippen LogP contribution >= 0.6 is 24.2 Å². The molecule has 24 heavy (non-hydrogen) atoms. The zero-order chi connectivity index (χ0) is 16.1. The maximum Gasteiger partial charge on any atom is 0.233 e. The molecule has 0 fully saturated rings. The van der Waals surface area contributed by atoms with Crippen LogP contribution in [0, 0.1) is 0 Å². The highest BCUT2D eigenvalue weighted by Gasteiger charge is 2.22. The van der Waals surface area contributed by atoms with Gasteiger partial charge in [0.25, 0.3) is 0 Å². The summed E-state index contributed by atoms with van der Waals surface area (Å²) in [6.45, 7) is 1.94. The third-order valence-corrected chi connectivity index (χ3v) is 4.88. The molecule has 3 rings (SSSR count). The second kappa shape index (κ2) is 8.97. The van der Waals surface area contributed by atoms with Gasteiger partial charge in [-0.3, -0.25) is 4.79 Å². The SMILES string of the molecule is CNCC(=O)NCCCN1c2ccccc2Sc2ccccc21.Cl. The van der Waals surface area contributed by atoms with Gasteiger partial charge in [0.2, 0.25) is 5.91 Å². The van der Waals surface area contributed by atoms with E-state index in [0.29, 0.717) is 13.1 Å². The number of benzene rings is 2. The number of hydrogen-bond donors (Lipinski definition) is 2. The minimum Gasteiger partial charge on any atom is -0.355 e. The molecule has 0 unspecified atom stereocenters. The molecule has 4 nitrogen and oxygen atoms in total. The predicted molar refractivity (Wildman–Crippen MR) is 103 cm³/mol. The second-order valence-corrected chi connectivity index (χ2v) is 6.51. The van der Waals surface area contributed by atoms with Gasteiger partial charge in [-0.1, -0.05) is 36.0 Å². The summed E-state index contributed by atoms with van der Waals surface area (Å²) in [6.07, 6.45) is 0.906. The van der Waals surface area contributed by atoms with Gasteiger partial charge in [-0.05, 0) is 37.7 Å². The number of para-hydroxylation sites is 2. The van der Waals surface area contributed by atoms with E-state index in [0.717, 1.165) is 13.0 Å². The van der Waals surface area contributed by atoms with Gasteiger partial charge in [-0.25, -0.2) is 0 Å². The number of nitrogens with one attached hydrogen (secondary N) is 2. The van der Waals surface area contributed by atoms with Crippen molar-refractivity contribution in [3.05, 3.63) is 48.5 Å². The van der Waals surface area contributed by atoms with Gasteiger partial charge < -0.3 is 15.5 Å². The Kier molecular flexibility index (Phi) is 6.97. The van der Waals surface area contributed by atoms with Gasteiger partial charge in [-0.2, -0.15) is 0 Å². The molecular formula is C18H22ClN3OS. The van der Waals surface area contributed by atoms with Crippen molar-refractivity contribution in [2.24, 2.45) is 0 Å². The standard InChI is InChI=1S/C18H21N3OS.ClH/c1-19-13-18(22)20-11-6-12-21-14-7-2-4-9-16(14)23-17-10-5-3-8-15(17)21;/h2-5,7-10,19H,6,11-13H2,1H3,(H,20,22);1H. The molecule has 1 aliphatic rings. The molecule has 128 valence electrons. The number of halogens is 1. The summed E-state index contributed by atoms with van der Waals surface area (Å²) in [5.74, 6) is 0.0440. The van der Waals surface area contributed by atoms with E-state index < -0.39 is 0 Å². The number of hydrogen-bond acceptors (Lipinski definition) is 4. The van der Waals surface area contributed by atoms with Gasteiger partial charge in [-0.15, -0.1) is 12.4 Å². The fraction of sp³-hybridized carbons (Fsp3) is 0.278. The molecule has 0 aliphatic carbocycles. The first-order chi connectivity index (χ1) is 11.3. The zero-order valence-electron chi connectivity index (χ0n) is 13.6. The summed E-state index contributed by atoms with van der Waals surface area (Å²) in [4.78, 5) is 16.4. The number of amides is 1. The fourth-order valence-corrected chi connectivity index (χ4v) is 3.81. The lowest BCUT2D eigenvalue weighted by Crippen LogP contribution is -2.34. The number of likely N-dealkylation sites (N-methyl/N-ethyl adjacent to an activating group) is 1. The minimum absolute atomic E-state index is 0. The molecule has 2 aromatic rings. The molecule has 0 saturated heterocycles. The molecule has 0 saturated carbocycles. The van der Waals surface area contributed by atoms with Crippen molar-refractivity contribution in [3.8, 4) is 0 Å². The Hall–Kier alpha value is -1.69. The van der Waals surface area contributed by atoms with Gasteiger partial charge >= 0.3 is 0 Å². The number of nitrogens with zero attached hydrogens (tertiary/aromatic N) is 1. The van der Waals surface area contributed by atoms with Crippen molar-refractivity contribution >= 4 is 41.5 Å². The quantitative estimate of drug-likeness (QED) is 0.772. The van der Waals surface area contributed by atoms with Crippen LogP contribution in [0.2, 0.25) is 0 Å². The summed E-state index contributed by atoms with van der Waals surface area (Å²) < 4.78 is 0. The highest BCUT2D eigenvalue weighted by molar-refractivity contribution is 7.99. The molecular weight excluding hydrogens is 342 g/mol. The molecule has 0 aromatic heterocycles. The van der Waals surface area contributed by atoms with E-state index in [-0.39, 0.29) is 18.3 Å². The van der Waals surface area contributed by atoms with Gasteiger partial charge in [0.1, 0.15) is 0 Å². The lowest BCUT2D eigenvalue weighted by atomic mass is 10.2. The summed E-state index contributed by atoms with van der Waals surface area (Å²) in [6, 6.07) is 17.0. The topological polar surface area (TPSA) is 44.4 Å². The lowest BCUT2D eigenvalue weighted by Gasteiger charge is -2.32. The zero-order valence-corrected chi connectivity index (χ0v) is 15.3. The maximum absolute atomic E-state index is 11.5. The van der Waals surface area contributed by atoms with Crippen LogP contribution in [0.15, 0.2) is 58.3 Å². The lowest BCUT2D eigenvalue weighted by molar-refractivity contribution is -0.120.